The molecule has 0 radical (unpaired) electrons. The van der Waals surface area contributed by atoms with Gasteiger partial charge in [-0.05, 0) is 24.5 Å². The van der Waals surface area contributed by atoms with E-state index in [9.17, 15) is 5.11 Å². The van der Waals surface area contributed by atoms with Gasteiger partial charge in [-0.1, -0.05) is 19.9 Å². The van der Waals surface area contributed by atoms with Crippen molar-refractivity contribution < 1.29 is 5.11 Å². The number of aliphatic hydroxyl groups is 1. The lowest BCUT2D eigenvalue weighted by Gasteiger charge is -2.44. The van der Waals surface area contributed by atoms with Crippen LogP contribution in [-0.4, -0.2) is 28.8 Å². The molecule has 1 N–H and O–H groups in total. The smallest absolute Gasteiger partial charge is 0.128 e. The van der Waals surface area contributed by atoms with Crippen molar-refractivity contribution in [1.82, 2.24) is 4.98 Å². The van der Waals surface area contributed by atoms with Gasteiger partial charge in [-0.15, -0.1) is 0 Å². The van der Waals surface area contributed by atoms with E-state index in [1.165, 1.54) is 5.56 Å². The molecular weight excluding hydrogens is 188 g/mol. The lowest BCUT2D eigenvalue weighted by Crippen LogP contribution is -2.60. The van der Waals surface area contributed by atoms with Crippen LogP contribution in [0.25, 0.3) is 0 Å². The molecular formula is C12H18N2O. The van der Waals surface area contributed by atoms with Crippen LogP contribution in [0.5, 0.6) is 0 Å². The molecule has 0 aliphatic carbocycles. The lowest BCUT2D eigenvalue weighted by atomic mass is 9.97. The quantitative estimate of drug-likeness (QED) is 0.801. The monoisotopic (exact) mass is 206 g/mol. The van der Waals surface area contributed by atoms with E-state index >= 15 is 0 Å². The highest BCUT2D eigenvalue weighted by atomic mass is 16.3. The van der Waals surface area contributed by atoms with Crippen molar-refractivity contribution in [3.8, 4) is 0 Å². The zero-order valence-electron chi connectivity index (χ0n) is 9.57. The first kappa shape index (κ1) is 10.4. The normalized spacial score (nSPS) is 19.1. The molecule has 1 aromatic rings. The predicted molar refractivity (Wildman–Crippen MR) is 61.2 cm³/mol. The van der Waals surface area contributed by atoms with Gasteiger partial charge < -0.3 is 10.0 Å². The summed E-state index contributed by atoms with van der Waals surface area (Å²) in [6.07, 6.45) is 1.92. The minimum absolute atomic E-state index is 0.519. The second-order valence-electron chi connectivity index (χ2n) is 4.96. The van der Waals surface area contributed by atoms with Gasteiger partial charge in [0.2, 0.25) is 0 Å². The maximum absolute atomic E-state index is 9.62. The topological polar surface area (TPSA) is 36.4 Å². The molecule has 0 saturated carbocycles. The molecule has 0 unspecified atom stereocenters. The average Bonchev–Trinajstić information content (AvgIpc) is 2.14. The second kappa shape index (κ2) is 3.49. The third-order valence-electron chi connectivity index (χ3n) is 2.82. The summed E-state index contributed by atoms with van der Waals surface area (Å²) in [5, 5.41) is 9.62. The molecule has 1 fully saturated rings. The van der Waals surface area contributed by atoms with Gasteiger partial charge in [0.1, 0.15) is 5.82 Å². The lowest BCUT2D eigenvalue weighted by molar-refractivity contribution is 0.0305. The Bertz CT molecular complexity index is 335. The standard InChI is InChI=1S/C12H18N2O/c1-9(2)10-4-5-11(13-6-10)14-7-12(3,15)8-14/h4-6,9,15H,7-8H2,1-3H3. The molecule has 1 aliphatic rings. The summed E-state index contributed by atoms with van der Waals surface area (Å²) < 4.78 is 0. The molecule has 0 spiro atoms. The third kappa shape index (κ3) is 2.12. The van der Waals surface area contributed by atoms with Gasteiger partial charge in [-0.2, -0.15) is 0 Å². The number of pyridine rings is 1. The zero-order chi connectivity index (χ0) is 11.1. The van der Waals surface area contributed by atoms with Crippen LogP contribution in [0, 0.1) is 0 Å². The molecule has 1 aromatic heterocycles. The molecule has 0 atom stereocenters. The first-order chi connectivity index (χ1) is 6.98. The van der Waals surface area contributed by atoms with Crippen molar-refractivity contribution in [2.45, 2.75) is 32.3 Å². The second-order valence-corrected chi connectivity index (χ2v) is 4.96. The molecule has 2 rings (SSSR count). The molecule has 3 nitrogen and oxygen atoms in total. The van der Waals surface area contributed by atoms with Gasteiger partial charge in [-0.25, -0.2) is 4.98 Å². The van der Waals surface area contributed by atoms with Crippen LogP contribution in [-0.2, 0) is 0 Å². The Morgan fingerprint density at radius 2 is 2.07 bits per heavy atom. The molecule has 3 heteroatoms. The van der Waals surface area contributed by atoms with E-state index in [1.807, 2.05) is 19.2 Å². The van der Waals surface area contributed by atoms with Gasteiger partial charge in [0, 0.05) is 19.3 Å². The Labute approximate surface area is 90.8 Å². The fraction of sp³-hybridized carbons (Fsp3) is 0.583. The van der Waals surface area contributed by atoms with Crippen molar-refractivity contribution in [2.24, 2.45) is 0 Å². The number of nitrogens with zero attached hydrogens (tertiary/aromatic N) is 2. The number of hydrogen-bond donors (Lipinski definition) is 1. The van der Waals surface area contributed by atoms with Gasteiger partial charge in [-0.3, -0.25) is 0 Å². The Kier molecular flexibility index (Phi) is 2.43. The first-order valence-corrected chi connectivity index (χ1v) is 5.41. The van der Waals surface area contributed by atoms with E-state index in [4.69, 9.17) is 0 Å². The van der Waals surface area contributed by atoms with Gasteiger partial charge in [0.05, 0.1) is 5.60 Å². The Hall–Kier alpha value is -1.09. The summed E-state index contributed by atoms with van der Waals surface area (Å²) in [4.78, 5) is 6.49. The van der Waals surface area contributed by atoms with Crippen molar-refractivity contribution in [1.29, 1.82) is 0 Å². The number of β-amino-alcohol motifs (C(OH)–C–C–N with tert-alkyl or cyclic N) is 1. The van der Waals surface area contributed by atoms with Gasteiger partial charge >= 0.3 is 0 Å². The average molecular weight is 206 g/mol. The molecule has 0 aromatic carbocycles. The summed E-state index contributed by atoms with van der Waals surface area (Å²) >= 11 is 0. The Balaban J connectivity index is 2.06. The first-order valence-electron chi connectivity index (χ1n) is 5.41. The Morgan fingerprint density at radius 3 is 2.47 bits per heavy atom. The highest BCUT2D eigenvalue weighted by molar-refractivity contribution is 5.44. The highest BCUT2D eigenvalue weighted by Crippen LogP contribution is 2.26. The Morgan fingerprint density at radius 1 is 1.40 bits per heavy atom. The van der Waals surface area contributed by atoms with E-state index in [1.54, 1.807) is 0 Å². The maximum Gasteiger partial charge on any atom is 0.128 e. The van der Waals surface area contributed by atoms with Gasteiger partial charge in [0.25, 0.3) is 0 Å². The van der Waals surface area contributed by atoms with E-state index in [-0.39, 0.29) is 0 Å². The summed E-state index contributed by atoms with van der Waals surface area (Å²) in [5.41, 5.74) is 0.726. The van der Waals surface area contributed by atoms with Crippen molar-refractivity contribution >= 4 is 5.82 Å². The minimum atomic E-state index is -0.529. The fourth-order valence-corrected chi connectivity index (χ4v) is 1.86. The molecule has 0 bridgehead atoms. The number of aromatic nitrogens is 1. The maximum atomic E-state index is 9.62. The third-order valence-corrected chi connectivity index (χ3v) is 2.82. The van der Waals surface area contributed by atoms with Crippen LogP contribution in [0.1, 0.15) is 32.3 Å². The van der Waals surface area contributed by atoms with E-state index in [0.717, 1.165) is 5.82 Å². The minimum Gasteiger partial charge on any atom is -0.386 e. The number of hydrogen-bond acceptors (Lipinski definition) is 3. The molecule has 1 saturated heterocycles. The zero-order valence-corrected chi connectivity index (χ0v) is 9.57. The summed E-state index contributed by atoms with van der Waals surface area (Å²) in [7, 11) is 0. The fourth-order valence-electron chi connectivity index (χ4n) is 1.86. The molecule has 1 aliphatic heterocycles. The summed E-state index contributed by atoms with van der Waals surface area (Å²) in [6, 6.07) is 4.14. The van der Waals surface area contributed by atoms with Crippen LogP contribution < -0.4 is 4.90 Å². The molecule has 0 amide bonds. The van der Waals surface area contributed by atoms with Gasteiger partial charge in [0.15, 0.2) is 0 Å². The molecule has 15 heavy (non-hydrogen) atoms. The van der Waals surface area contributed by atoms with Crippen LogP contribution in [0.15, 0.2) is 18.3 Å². The van der Waals surface area contributed by atoms with Crippen LogP contribution in [0.2, 0.25) is 0 Å². The van der Waals surface area contributed by atoms with E-state index in [2.05, 4.69) is 29.8 Å². The van der Waals surface area contributed by atoms with E-state index in [0.29, 0.717) is 19.0 Å². The van der Waals surface area contributed by atoms with Crippen molar-refractivity contribution in [3.05, 3.63) is 23.9 Å². The number of rotatable bonds is 2. The van der Waals surface area contributed by atoms with E-state index < -0.39 is 5.60 Å². The summed E-state index contributed by atoms with van der Waals surface area (Å²) in [6.45, 7) is 7.53. The predicted octanol–water partition coefficient (Wildman–Crippen LogP) is 1.78. The largest absolute Gasteiger partial charge is 0.386 e. The number of anilines is 1. The highest BCUT2D eigenvalue weighted by Gasteiger charge is 2.37. The van der Waals surface area contributed by atoms with Crippen molar-refractivity contribution in [3.63, 3.8) is 0 Å². The molecule has 2 heterocycles. The summed E-state index contributed by atoms with van der Waals surface area (Å²) in [5.74, 6) is 1.48. The van der Waals surface area contributed by atoms with Crippen molar-refractivity contribution in [2.75, 3.05) is 18.0 Å². The van der Waals surface area contributed by atoms with Crippen LogP contribution in [0.3, 0.4) is 0 Å². The SMILES string of the molecule is CC(C)c1ccc(N2CC(C)(O)C2)nc1. The van der Waals surface area contributed by atoms with Crippen LogP contribution in [0.4, 0.5) is 5.82 Å². The molecule has 82 valence electrons. The van der Waals surface area contributed by atoms with Crippen LogP contribution >= 0.6 is 0 Å².